The zero-order valence-electron chi connectivity index (χ0n) is 15.0. The van der Waals surface area contributed by atoms with E-state index in [0.717, 1.165) is 35.6 Å². The van der Waals surface area contributed by atoms with Gasteiger partial charge in [0.2, 0.25) is 5.91 Å². The van der Waals surface area contributed by atoms with E-state index < -0.39 is 0 Å². The molecule has 7 heteroatoms. The number of hydrogen-bond acceptors (Lipinski definition) is 3. The zero-order valence-corrected chi connectivity index (χ0v) is 15.0. The quantitative estimate of drug-likeness (QED) is 0.869. The predicted octanol–water partition coefficient (Wildman–Crippen LogP) is 2.23. The molecule has 3 aliphatic heterocycles. The van der Waals surface area contributed by atoms with E-state index in [1.807, 2.05) is 48.9 Å². The molecule has 7 nitrogen and oxygen atoms in total. The summed E-state index contributed by atoms with van der Waals surface area (Å²) in [4.78, 5) is 26.3. The van der Waals surface area contributed by atoms with Crippen LogP contribution in [0.4, 0.5) is 10.5 Å². The van der Waals surface area contributed by atoms with Gasteiger partial charge in [-0.1, -0.05) is 0 Å². The smallest absolute Gasteiger partial charge is 0.321 e. The molecule has 0 radical (unpaired) electrons. The average Bonchev–Trinajstić information content (AvgIpc) is 2.77. The van der Waals surface area contributed by atoms with E-state index in [9.17, 15) is 9.59 Å². The van der Waals surface area contributed by atoms with Crippen molar-refractivity contribution in [3.8, 4) is 5.69 Å². The number of aromatic nitrogens is 2. The van der Waals surface area contributed by atoms with Gasteiger partial charge in [0, 0.05) is 30.5 Å². The number of carbonyl (C=O) groups is 2. The number of nitrogens with zero attached hydrogens (tertiary/aromatic N) is 3. The molecule has 1 aromatic carbocycles. The van der Waals surface area contributed by atoms with Gasteiger partial charge in [0.25, 0.3) is 0 Å². The molecule has 2 atom stereocenters. The molecule has 0 spiro atoms. The van der Waals surface area contributed by atoms with Gasteiger partial charge < -0.3 is 15.5 Å². The monoisotopic (exact) mass is 353 g/mol. The van der Waals surface area contributed by atoms with E-state index in [1.165, 1.54) is 0 Å². The summed E-state index contributed by atoms with van der Waals surface area (Å²) in [5.74, 6) is -0.0151. The largest absolute Gasteiger partial charge is 0.351 e. The molecule has 5 rings (SSSR count). The molecule has 2 aromatic rings. The lowest BCUT2D eigenvalue weighted by Gasteiger charge is -2.23. The maximum absolute atomic E-state index is 12.6. The summed E-state index contributed by atoms with van der Waals surface area (Å²) in [6.45, 7) is 5.03. The van der Waals surface area contributed by atoms with E-state index in [1.54, 1.807) is 4.90 Å². The third-order valence-electron chi connectivity index (χ3n) is 5.12. The fraction of sp³-hybridized carbons (Fsp3) is 0.421. The van der Waals surface area contributed by atoms with Gasteiger partial charge in [-0.05, 0) is 57.0 Å². The van der Waals surface area contributed by atoms with Crippen LogP contribution in [-0.2, 0) is 4.79 Å². The number of piperidine rings is 1. The van der Waals surface area contributed by atoms with Gasteiger partial charge in [-0.15, -0.1) is 0 Å². The molecule has 136 valence electrons. The van der Waals surface area contributed by atoms with E-state index in [-0.39, 0.29) is 23.9 Å². The number of benzene rings is 1. The van der Waals surface area contributed by atoms with Crippen LogP contribution < -0.4 is 10.6 Å². The first kappa shape index (κ1) is 16.6. The number of nitrogens with one attached hydrogen (secondary N) is 2. The minimum atomic E-state index is -0.155. The van der Waals surface area contributed by atoms with Crippen LogP contribution in [0.3, 0.4) is 0 Å². The lowest BCUT2D eigenvalue weighted by molar-refractivity contribution is -0.126. The zero-order chi connectivity index (χ0) is 18.3. The van der Waals surface area contributed by atoms with E-state index >= 15 is 0 Å². The Morgan fingerprint density at radius 1 is 1.19 bits per heavy atom. The van der Waals surface area contributed by atoms with Crippen LogP contribution in [-0.4, -0.2) is 45.8 Å². The number of hydrogen-bond donors (Lipinski definition) is 2. The lowest BCUT2D eigenvalue weighted by atomic mass is 9.96. The van der Waals surface area contributed by atoms with Crippen molar-refractivity contribution in [3.63, 3.8) is 0 Å². The summed E-state index contributed by atoms with van der Waals surface area (Å²) in [7, 11) is 0. The number of rotatable bonds is 2. The Bertz CT molecular complexity index is 842. The minimum absolute atomic E-state index is 0.0698. The number of carbonyl (C=O) groups excluding carboxylic acids is 2. The molecule has 3 amide bonds. The second-order valence-electron chi connectivity index (χ2n) is 7.20. The Labute approximate surface area is 152 Å². The SMILES string of the molecule is Cc1cc(C)n(-c2ccc(NC(=O)N3C[C@@H]4CC[C@H](C3)C(=O)N4)cc2)n1. The Morgan fingerprint density at radius 2 is 1.96 bits per heavy atom. The third-order valence-corrected chi connectivity index (χ3v) is 5.12. The molecule has 1 aromatic heterocycles. The molecule has 4 heterocycles. The van der Waals surface area contributed by atoms with Gasteiger partial charge in [-0.3, -0.25) is 4.79 Å². The van der Waals surface area contributed by atoms with E-state index in [0.29, 0.717) is 13.1 Å². The molecule has 3 fully saturated rings. The van der Waals surface area contributed by atoms with Crippen molar-refractivity contribution in [2.75, 3.05) is 18.4 Å². The average molecular weight is 353 g/mol. The lowest BCUT2D eigenvalue weighted by Crippen LogP contribution is -2.44. The van der Waals surface area contributed by atoms with Gasteiger partial charge in [-0.2, -0.15) is 5.10 Å². The first-order valence-corrected chi connectivity index (χ1v) is 8.99. The van der Waals surface area contributed by atoms with E-state index in [2.05, 4.69) is 15.7 Å². The number of urea groups is 1. The highest BCUT2D eigenvalue weighted by molar-refractivity contribution is 5.90. The van der Waals surface area contributed by atoms with Crippen molar-refractivity contribution in [1.29, 1.82) is 0 Å². The first-order valence-electron chi connectivity index (χ1n) is 8.99. The standard InChI is InChI=1S/C19H23N5O2/c1-12-9-13(2)24(22-12)17-7-5-15(6-8-17)21-19(26)23-10-14-3-4-16(11-23)20-18(14)25/h5-9,14,16H,3-4,10-11H2,1-2H3,(H,20,25)(H,21,26)/t14-,16+/m1/s1. The Morgan fingerprint density at radius 3 is 2.62 bits per heavy atom. The molecule has 2 bridgehead atoms. The molecule has 0 saturated carbocycles. The predicted molar refractivity (Wildman–Crippen MR) is 98.3 cm³/mol. The molecular weight excluding hydrogens is 330 g/mol. The summed E-state index contributed by atoms with van der Waals surface area (Å²) in [6, 6.07) is 9.56. The van der Waals surface area contributed by atoms with Gasteiger partial charge in [0.05, 0.1) is 17.3 Å². The van der Waals surface area contributed by atoms with Crippen LogP contribution in [0.2, 0.25) is 0 Å². The van der Waals surface area contributed by atoms with Crippen LogP contribution in [0, 0.1) is 19.8 Å². The van der Waals surface area contributed by atoms with Crippen molar-refractivity contribution in [2.45, 2.75) is 32.7 Å². The van der Waals surface area contributed by atoms with Gasteiger partial charge in [0.1, 0.15) is 0 Å². The first-order chi connectivity index (χ1) is 12.5. The third kappa shape index (κ3) is 3.16. The van der Waals surface area contributed by atoms with Crippen molar-refractivity contribution in [1.82, 2.24) is 20.0 Å². The molecule has 2 N–H and O–H groups in total. The second kappa shape index (κ2) is 6.48. The summed E-state index contributed by atoms with van der Waals surface area (Å²) < 4.78 is 1.88. The summed E-state index contributed by atoms with van der Waals surface area (Å²) >= 11 is 0. The van der Waals surface area contributed by atoms with Gasteiger partial charge in [-0.25, -0.2) is 9.48 Å². The van der Waals surface area contributed by atoms with Crippen molar-refractivity contribution < 1.29 is 9.59 Å². The van der Waals surface area contributed by atoms with Crippen molar-refractivity contribution in [2.24, 2.45) is 5.92 Å². The maximum atomic E-state index is 12.6. The number of amides is 3. The molecule has 3 saturated heterocycles. The topological polar surface area (TPSA) is 79.3 Å². The number of fused-ring (bicyclic) bond motifs is 4. The highest BCUT2D eigenvalue weighted by atomic mass is 16.2. The molecule has 26 heavy (non-hydrogen) atoms. The van der Waals surface area contributed by atoms with Crippen LogP contribution in [0.1, 0.15) is 24.2 Å². The van der Waals surface area contributed by atoms with Crippen molar-refractivity contribution >= 4 is 17.6 Å². The molecule has 0 unspecified atom stereocenters. The number of aryl methyl sites for hydroxylation is 2. The minimum Gasteiger partial charge on any atom is -0.351 e. The Kier molecular flexibility index (Phi) is 4.14. The van der Waals surface area contributed by atoms with E-state index in [4.69, 9.17) is 0 Å². The summed E-state index contributed by atoms with van der Waals surface area (Å²) in [5, 5.41) is 10.4. The highest BCUT2D eigenvalue weighted by Gasteiger charge is 2.36. The number of anilines is 1. The van der Waals surface area contributed by atoms with Gasteiger partial charge in [0.15, 0.2) is 0 Å². The van der Waals surface area contributed by atoms with Crippen molar-refractivity contribution in [3.05, 3.63) is 41.7 Å². The van der Waals surface area contributed by atoms with Crippen LogP contribution in [0.5, 0.6) is 0 Å². The van der Waals surface area contributed by atoms with Gasteiger partial charge >= 0.3 is 6.03 Å². The summed E-state index contributed by atoms with van der Waals surface area (Å²) in [5.41, 5.74) is 3.72. The van der Waals surface area contributed by atoms with Crippen LogP contribution in [0.25, 0.3) is 5.69 Å². The highest BCUT2D eigenvalue weighted by Crippen LogP contribution is 2.23. The maximum Gasteiger partial charge on any atom is 0.321 e. The second-order valence-corrected chi connectivity index (χ2v) is 7.20. The molecule has 0 aliphatic carbocycles. The summed E-state index contributed by atoms with van der Waals surface area (Å²) in [6.07, 6.45) is 1.80. The fourth-order valence-electron chi connectivity index (χ4n) is 3.79. The molecule has 3 aliphatic rings. The Hall–Kier alpha value is -2.83. The normalized spacial score (nSPS) is 22.1. The molecular formula is C19H23N5O2. The van der Waals surface area contributed by atoms with Crippen LogP contribution in [0.15, 0.2) is 30.3 Å². The fourth-order valence-corrected chi connectivity index (χ4v) is 3.79. The van der Waals surface area contributed by atoms with Crippen LogP contribution >= 0.6 is 0 Å². The Balaban J connectivity index is 1.45.